The van der Waals surface area contributed by atoms with Crippen LogP contribution in [0.1, 0.15) is 30.4 Å². The summed E-state index contributed by atoms with van der Waals surface area (Å²) >= 11 is 0. The van der Waals surface area contributed by atoms with E-state index in [1.807, 2.05) is 0 Å². The van der Waals surface area contributed by atoms with Crippen LogP contribution in [0, 0.1) is 19.8 Å². The predicted octanol–water partition coefficient (Wildman–Crippen LogP) is 2.87. The molecular weight excluding hydrogens is 266 g/mol. The third kappa shape index (κ3) is 5.05. The first-order chi connectivity index (χ1) is 10.0. The minimum Gasteiger partial charge on any atom is -0.492 e. The fourth-order valence-corrected chi connectivity index (χ4v) is 2.81. The summed E-state index contributed by atoms with van der Waals surface area (Å²) in [6.45, 7) is 7.69. The number of likely N-dealkylation sites (tertiary alicyclic amines) is 1. The number of aryl methyl sites for hydroxylation is 2. The van der Waals surface area contributed by atoms with Crippen molar-refractivity contribution < 1.29 is 14.6 Å². The average molecular weight is 291 g/mol. The maximum Gasteiger partial charge on any atom is 0.303 e. The van der Waals surface area contributed by atoms with Crippen molar-refractivity contribution in [2.75, 3.05) is 26.2 Å². The molecule has 0 atom stereocenters. The molecule has 0 aliphatic carbocycles. The number of carbonyl (C=O) groups is 1. The number of ether oxygens (including phenoxy) is 1. The molecule has 1 aromatic rings. The van der Waals surface area contributed by atoms with Gasteiger partial charge in [0.15, 0.2) is 0 Å². The smallest absolute Gasteiger partial charge is 0.303 e. The molecule has 1 saturated heterocycles. The molecule has 2 rings (SSSR count). The van der Waals surface area contributed by atoms with E-state index in [9.17, 15) is 4.79 Å². The van der Waals surface area contributed by atoms with E-state index in [2.05, 4.69) is 36.9 Å². The second-order valence-corrected chi connectivity index (χ2v) is 6.00. The van der Waals surface area contributed by atoms with E-state index >= 15 is 0 Å². The molecule has 0 amide bonds. The minimum absolute atomic E-state index is 0.312. The van der Waals surface area contributed by atoms with Gasteiger partial charge in [0.25, 0.3) is 0 Å². The van der Waals surface area contributed by atoms with Gasteiger partial charge in [-0.2, -0.15) is 0 Å². The van der Waals surface area contributed by atoms with Crippen LogP contribution < -0.4 is 4.74 Å². The van der Waals surface area contributed by atoms with Gasteiger partial charge in [0, 0.05) is 13.0 Å². The van der Waals surface area contributed by atoms with Gasteiger partial charge in [-0.1, -0.05) is 12.1 Å². The summed E-state index contributed by atoms with van der Waals surface area (Å²) in [5.41, 5.74) is 2.38. The van der Waals surface area contributed by atoms with Gasteiger partial charge in [0.05, 0.1) is 0 Å². The molecule has 1 aliphatic rings. The van der Waals surface area contributed by atoms with E-state index < -0.39 is 5.97 Å². The Kier molecular flexibility index (Phi) is 5.62. The van der Waals surface area contributed by atoms with Gasteiger partial charge in [-0.25, -0.2) is 0 Å². The Hall–Kier alpha value is -1.55. The van der Waals surface area contributed by atoms with Crippen LogP contribution in [0.15, 0.2) is 18.2 Å². The maximum atomic E-state index is 10.7. The lowest BCUT2D eigenvalue weighted by atomic mass is 9.94. The van der Waals surface area contributed by atoms with Crippen molar-refractivity contribution >= 4 is 5.97 Å². The fourth-order valence-electron chi connectivity index (χ4n) is 2.81. The van der Waals surface area contributed by atoms with Crippen LogP contribution in [0.4, 0.5) is 0 Å². The van der Waals surface area contributed by atoms with Gasteiger partial charge in [0.2, 0.25) is 0 Å². The second kappa shape index (κ2) is 7.46. The Bertz CT molecular complexity index is 479. The number of hydrogen-bond donors (Lipinski definition) is 1. The molecule has 4 heteroatoms. The SMILES string of the molecule is Cc1ccc(C)c(OCCN2CCC(CC(=O)O)CC2)c1. The van der Waals surface area contributed by atoms with E-state index in [4.69, 9.17) is 9.84 Å². The van der Waals surface area contributed by atoms with Gasteiger partial charge in [-0.05, 0) is 62.9 Å². The first-order valence-electron chi connectivity index (χ1n) is 7.69. The molecule has 116 valence electrons. The molecule has 0 aromatic heterocycles. The predicted molar refractivity (Wildman–Crippen MR) is 82.8 cm³/mol. The van der Waals surface area contributed by atoms with E-state index in [0.29, 0.717) is 18.9 Å². The van der Waals surface area contributed by atoms with Gasteiger partial charge in [-0.3, -0.25) is 9.69 Å². The van der Waals surface area contributed by atoms with Crippen LogP contribution in [0.3, 0.4) is 0 Å². The summed E-state index contributed by atoms with van der Waals surface area (Å²) in [5.74, 6) is 0.640. The molecule has 21 heavy (non-hydrogen) atoms. The van der Waals surface area contributed by atoms with Crippen molar-refractivity contribution in [1.82, 2.24) is 4.90 Å². The Morgan fingerprint density at radius 3 is 2.71 bits per heavy atom. The minimum atomic E-state index is -0.674. The van der Waals surface area contributed by atoms with Crippen LogP contribution in [0.2, 0.25) is 0 Å². The fraction of sp³-hybridized carbons (Fsp3) is 0.588. The molecule has 1 aromatic carbocycles. The van der Waals surface area contributed by atoms with Gasteiger partial charge >= 0.3 is 5.97 Å². The lowest BCUT2D eigenvalue weighted by Gasteiger charge is -2.31. The molecule has 1 aliphatic heterocycles. The molecule has 1 fully saturated rings. The summed E-state index contributed by atoms with van der Waals surface area (Å²) in [6.07, 6.45) is 2.28. The van der Waals surface area contributed by atoms with Gasteiger partial charge in [0.1, 0.15) is 12.4 Å². The van der Waals surface area contributed by atoms with Crippen LogP contribution in [0.25, 0.3) is 0 Å². The number of piperidine rings is 1. The zero-order valence-corrected chi connectivity index (χ0v) is 13.0. The molecule has 0 unspecified atom stereocenters. The lowest BCUT2D eigenvalue weighted by Crippen LogP contribution is -2.37. The highest BCUT2D eigenvalue weighted by Gasteiger charge is 2.20. The molecule has 0 bridgehead atoms. The molecule has 0 radical (unpaired) electrons. The van der Waals surface area contributed by atoms with Crippen LogP contribution >= 0.6 is 0 Å². The Morgan fingerprint density at radius 1 is 1.33 bits per heavy atom. The molecular formula is C17H25NO3. The molecule has 0 saturated carbocycles. The van der Waals surface area contributed by atoms with Crippen molar-refractivity contribution in [2.24, 2.45) is 5.92 Å². The second-order valence-electron chi connectivity index (χ2n) is 6.00. The average Bonchev–Trinajstić information content (AvgIpc) is 2.44. The van der Waals surface area contributed by atoms with E-state index in [1.165, 1.54) is 11.1 Å². The van der Waals surface area contributed by atoms with E-state index in [1.54, 1.807) is 0 Å². The number of aliphatic carboxylic acids is 1. The summed E-state index contributed by atoms with van der Waals surface area (Å²) < 4.78 is 5.88. The zero-order chi connectivity index (χ0) is 15.2. The van der Waals surface area contributed by atoms with Crippen molar-refractivity contribution in [3.8, 4) is 5.75 Å². The lowest BCUT2D eigenvalue weighted by molar-refractivity contribution is -0.138. The normalized spacial score (nSPS) is 16.9. The number of carboxylic acid groups (broad SMARTS) is 1. The number of rotatable bonds is 6. The largest absolute Gasteiger partial charge is 0.492 e. The van der Waals surface area contributed by atoms with E-state index in [-0.39, 0.29) is 0 Å². The van der Waals surface area contributed by atoms with Crippen LogP contribution in [0.5, 0.6) is 5.75 Å². The quantitative estimate of drug-likeness (QED) is 0.875. The highest BCUT2D eigenvalue weighted by atomic mass is 16.5. The maximum absolute atomic E-state index is 10.7. The zero-order valence-electron chi connectivity index (χ0n) is 13.0. The first-order valence-corrected chi connectivity index (χ1v) is 7.69. The number of hydrogen-bond acceptors (Lipinski definition) is 3. The summed E-state index contributed by atoms with van der Waals surface area (Å²) in [7, 11) is 0. The number of benzene rings is 1. The van der Waals surface area contributed by atoms with Crippen molar-refractivity contribution in [3.05, 3.63) is 29.3 Å². The monoisotopic (exact) mass is 291 g/mol. The first kappa shape index (κ1) is 15.8. The van der Waals surface area contributed by atoms with Crippen LogP contribution in [-0.4, -0.2) is 42.2 Å². The highest BCUT2D eigenvalue weighted by molar-refractivity contribution is 5.67. The topological polar surface area (TPSA) is 49.8 Å². The standard InChI is InChI=1S/C17H25NO3/c1-13-3-4-14(2)16(11-13)21-10-9-18-7-5-15(6-8-18)12-17(19)20/h3-4,11,15H,5-10,12H2,1-2H3,(H,19,20). The third-order valence-corrected chi connectivity index (χ3v) is 4.18. The van der Waals surface area contributed by atoms with Crippen molar-refractivity contribution in [3.63, 3.8) is 0 Å². The Balaban J connectivity index is 1.70. The summed E-state index contributed by atoms with van der Waals surface area (Å²) in [4.78, 5) is 13.1. The Morgan fingerprint density at radius 2 is 2.05 bits per heavy atom. The van der Waals surface area contributed by atoms with Gasteiger partial charge in [-0.15, -0.1) is 0 Å². The highest BCUT2D eigenvalue weighted by Crippen LogP contribution is 2.21. The number of nitrogens with zero attached hydrogens (tertiary/aromatic N) is 1. The van der Waals surface area contributed by atoms with E-state index in [0.717, 1.165) is 38.2 Å². The van der Waals surface area contributed by atoms with Crippen molar-refractivity contribution in [2.45, 2.75) is 33.1 Å². The number of carboxylic acids is 1. The Labute approximate surface area is 126 Å². The third-order valence-electron chi connectivity index (χ3n) is 4.18. The molecule has 1 N–H and O–H groups in total. The molecule has 4 nitrogen and oxygen atoms in total. The summed E-state index contributed by atoms with van der Waals surface area (Å²) in [5, 5.41) is 8.81. The molecule has 0 spiro atoms. The molecule has 1 heterocycles. The van der Waals surface area contributed by atoms with Crippen LogP contribution in [-0.2, 0) is 4.79 Å². The van der Waals surface area contributed by atoms with Crippen molar-refractivity contribution in [1.29, 1.82) is 0 Å². The summed E-state index contributed by atoms with van der Waals surface area (Å²) in [6, 6.07) is 6.26. The van der Waals surface area contributed by atoms with Gasteiger partial charge < -0.3 is 9.84 Å².